The number of thiocarbonyl (C=S) groups is 1. The molecule has 1 aliphatic heterocycles. The van der Waals surface area contributed by atoms with E-state index >= 15 is 0 Å². The second-order valence-corrected chi connectivity index (χ2v) is 9.58. The van der Waals surface area contributed by atoms with Gasteiger partial charge in [0.1, 0.15) is 12.6 Å². The Balaban J connectivity index is 1.40. The van der Waals surface area contributed by atoms with Crippen LogP contribution in [0.3, 0.4) is 0 Å². The number of carbonyl (C=O) groups is 2. The van der Waals surface area contributed by atoms with Crippen molar-refractivity contribution in [2.75, 3.05) is 5.32 Å². The highest BCUT2D eigenvalue weighted by atomic mass is 32.1. The van der Waals surface area contributed by atoms with Crippen LogP contribution >= 0.6 is 12.2 Å². The molecule has 1 saturated heterocycles. The second-order valence-electron chi connectivity index (χ2n) is 9.22. The standard InChI is InChI=1S/C26H26N6O4S/c1-16-8-10-18(11-9-16)27-22(33)14-20-25(35)32(19-12-13-19)26(37)31(20)15-21-24(36-29-30(21)2)28-23(34)17-6-4-3-5-7-17/h3-11,19-20H,12-15H2,1-2H3,(H-,27,28,29,33,34). The summed E-state index contributed by atoms with van der Waals surface area (Å²) >= 11 is 5.69. The second kappa shape index (κ2) is 10.1. The van der Waals surface area contributed by atoms with Crippen LogP contribution in [0.2, 0.25) is 0 Å². The molecule has 5 rings (SSSR count). The first-order valence-electron chi connectivity index (χ1n) is 12.0. The number of benzene rings is 2. The van der Waals surface area contributed by atoms with Crippen LogP contribution < -0.4 is 15.1 Å². The van der Waals surface area contributed by atoms with E-state index in [2.05, 4.69) is 15.6 Å². The van der Waals surface area contributed by atoms with Crippen molar-refractivity contribution in [3.05, 3.63) is 71.4 Å². The summed E-state index contributed by atoms with van der Waals surface area (Å²) in [4.78, 5) is 33.7. The monoisotopic (exact) mass is 518 g/mol. The summed E-state index contributed by atoms with van der Waals surface area (Å²) in [5.41, 5.74) is 2.60. The van der Waals surface area contributed by atoms with Crippen LogP contribution in [0, 0.1) is 6.92 Å². The van der Waals surface area contributed by atoms with Gasteiger partial charge in [0.05, 0.1) is 6.42 Å². The van der Waals surface area contributed by atoms with Gasteiger partial charge in [-0.1, -0.05) is 48.0 Å². The van der Waals surface area contributed by atoms with Crippen molar-refractivity contribution < 1.29 is 23.9 Å². The Morgan fingerprint density at radius 2 is 1.92 bits per heavy atom. The Labute approximate surface area is 219 Å². The molecule has 2 heterocycles. The molecular formula is C26H26N6O4S. The first-order chi connectivity index (χ1) is 17.8. The van der Waals surface area contributed by atoms with Gasteiger partial charge in [-0.2, -0.15) is 0 Å². The maximum atomic E-state index is 13.4. The van der Waals surface area contributed by atoms with E-state index in [9.17, 15) is 14.7 Å². The van der Waals surface area contributed by atoms with Gasteiger partial charge in [0, 0.05) is 11.7 Å². The van der Waals surface area contributed by atoms with Crippen molar-refractivity contribution in [3.63, 3.8) is 0 Å². The fourth-order valence-electron chi connectivity index (χ4n) is 4.22. The van der Waals surface area contributed by atoms with Gasteiger partial charge < -0.3 is 15.3 Å². The SMILES string of the molecule is Cc1ccc(NC(=O)CC2C(=O)N(C3CC3)C(=S)N2Cc2c(/N=C(\[O-])c3ccccc3)on[n+]2C)cc1. The van der Waals surface area contributed by atoms with E-state index in [-0.39, 0.29) is 36.7 Å². The molecule has 1 saturated carbocycles. The Morgan fingerprint density at radius 3 is 2.59 bits per heavy atom. The van der Waals surface area contributed by atoms with Gasteiger partial charge in [0.2, 0.25) is 11.2 Å². The van der Waals surface area contributed by atoms with E-state index in [1.165, 1.54) is 4.68 Å². The molecule has 11 heteroatoms. The lowest BCUT2D eigenvalue weighted by atomic mass is 10.1. The van der Waals surface area contributed by atoms with Gasteiger partial charge in [0.25, 0.3) is 11.6 Å². The van der Waals surface area contributed by atoms with Crippen LogP contribution in [-0.2, 0) is 23.2 Å². The van der Waals surface area contributed by atoms with Crippen molar-refractivity contribution in [1.82, 2.24) is 15.1 Å². The zero-order valence-electron chi connectivity index (χ0n) is 20.5. The van der Waals surface area contributed by atoms with E-state index in [0.29, 0.717) is 22.1 Å². The van der Waals surface area contributed by atoms with E-state index in [1.54, 1.807) is 41.1 Å². The highest BCUT2D eigenvalue weighted by molar-refractivity contribution is 7.80. The molecule has 190 valence electrons. The minimum absolute atomic E-state index is 0.0272. The molecular weight excluding hydrogens is 492 g/mol. The fourth-order valence-corrected chi connectivity index (χ4v) is 4.65. The van der Waals surface area contributed by atoms with Crippen LogP contribution in [0.5, 0.6) is 0 Å². The van der Waals surface area contributed by atoms with Crippen LogP contribution in [0.4, 0.5) is 11.6 Å². The topological polar surface area (TPSA) is 118 Å². The zero-order valence-corrected chi connectivity index (χ0v) is 21.3. The number of nitrogens with one attached hydrogen (secondary N) is 1. The van der Waals surface area contributed by atoms with E-state index in [4.69, 9.17) is 16.7 Å². The molecule has 2 fully saturated rings. The molecule has 2 amide bonds. The van der Waals surface area contributed by atoms with Crippen LogP contribution in [-0.4, -0.2) is 50.0 Å². The molecule has 1 unspecified atom stereocenters. The van der Waals surface area contributed by atoms with E-state index < -0.39 is 11.9 Å². The molecule has 1 N–H and O–H groups in total. The Morgan fingerprint density at radius 1 is 1.22 bits per heavy atom. The number of carbonyl (C=O) groups excluding carboxylic acids is 2. The summed E-state index contributed by atoms with van der Waals surface area (Å²) < 4.78 is 6.78. The number of amides is 2. The third kappa shape index (κ3) is 5.21. The van der Waals surface area contributed by atoms with Gasteiger partial charge in [0.15, 0.2) is 12.2 Å². The van der Waals surface area contributed by atoms with Gasteiger partial charge >= 0.3 is 5.88 Å². The molecule has 37 heavy (non-hydrogen) atoms. The summed E-state index contributed by atoms with van der Waals surface area (Å²) in [7, 11) is 1.66. The van der Waals surface area contributed by atoms with Crippen molar-refractivity contribution in [3.8, 4) is 0 Å². The molecule has 3 aromatic rings. The first-order valence-corrected chi connectivity index (χ1v) is 12.4. The molecule has 1 atom stereocenters. The van der Waals surface area contributed by atoms with Gasteiger partial charge in [-0.25, -0.2) is 4.99 Å². The lowest BCUT2D eigenvalue weighted by Gasteiger charge is -2.21. The van der Waals surface area contributed by atoms with Crippen molar-refractivity contribution in [2.24, 2.45) is 12.0 Å². The maximum Gasteiger partial charge on any atom is 0.325 e. The molecule has 0 bridgehead atoms. The third-order valence-electron chi connectivity index (χ3n) is 6.41. The van der Waals surface area contributed by atoms with Gasteiger partial charge in [-0.3, -0.25) is 19.0 Å². The molecule has 0 radical (unpaired) electrons. The summed E-state index contributed by atoms with van der Waals surface area (Å²) in [6.45, 7) is 2.06. The van der Waals surface area contributed by atoms with Crippen molar-refractivity contribution >= 4 is 46.6 Å². The quantitative estimate of drug-likeness (QED) is 0.209. The first kappa shape index (κ1) is 24.6. The smallest absolute Gasteiger partial charge is 0.325 e. The van der Waals surface area contributed by atoms with Crippen LogP contribution in [0.15, 0.2) is 64.1 Å². The Kier molecular flexibility index (Phi) is 6.70. The third-order valence-corrected chi connectivity index (χ3v) is 6.84. The molecule has 2 aromatic carbocycles. The average Bonchev–Trinajstić information content (AvgIpc) is 3.62. The normalized spacial score (nSPS) is 18.0. The lowest BCUT2D eigenvalue weighted by molar-refractivity contribution is -0.746. The summed E-state index contributed by atoms with van der Waals surface area (Å²) in [6, 6.07) is 15.3. The summed E-state index contributed by atoms with van der Waals surface area (Å²) in [5.74, 6) is -0.956. The van der Waals surface area contributed by atoms with Crippen LogP contribution in [0.25, 0.3) is 0 Å². The van der Waals surface area contributed by atoms with Gasteiger partial charge in [-0.05, 0) is 60.3 Å². The number of rotatable bonds is 8. The predicted molar refractivity (Wildman–Crippen MR) is 137 cm³/mol. The van der Waals surface area contributed by atoms with E-state index in [1.807, 2.05) is 37.3 Å². The zero-order chi connectivity index (χ0) is 26.1. The maximum absolute atomic E-state index is 13.4. The van der Waals surface area contributed by atoms with Crippen molar-refractivity contribution in [1.29, 1.82) is 0 Å². The minimum atomic E-state index is -0.800. The highest BCUT2D eigenvalue weighted by Gasteiger charge is 2.50. The Hall–Kier alpha value is -4.12. The number of hydrogen-bond donors (Lipinski definition) is 1. The summed E-state index contributed by atoms with van der Waals surface area (Å²) in [5, 5.41) is 19.8. The number of aromatic nitrogens is 2. The number of anilines is 1. The largest absolute Gasteiger partial charge is 0.858 e. The molecule has 10 nitrogen and oxygen atoms in total. The molecule has 2 aliphatic rings. The molecule has 1 aromatic heterocycles. The number of aliphatic imine (C=N–C) groups is 1. The number of aryl methyl sites for hydroxylation is 2. The lowest BCUT2D eigenvalue weighted by Crippen LogP contribution is -2.42. The van der Waals surface area contributed by atoms with Gasteiger partial charge in [-0.15, -0.1) is 0 Å². The Bertz CT molecular complexity index is 1370. The molecule has 1 aliphatic carbocycles. The predicted octanol–water partition coefficient (Wildman–Crippen LogP) is 1.74. The highest BCUT2D eigenvalue weighted by Crippen LogP contribution is 2.35. The number of nitrogens with zero attached hydrogens (tertiary/aromatic N) is 5. The summed E-state index contributed by atoms with van der Waals surface area (Å²) in [6.07, 6.45) is 1.66. The molecule has 0 spiro atoms. The van der Waals surface area contributed by atoms with Crippen LogP contribution in [0.1, 0.15) is 36.1 Å². The van der Waals surface area contributed by atoms with Crippen molar-refractivity contribution in [2.45, 2.75) is 44.8 Å². The van der Waals surface area contributed by atoms with E-state index in [0.717, 1.165) is 18.4 Å². The number of hydrogen-bond acceptors (Lipinski definition) is 7. The minimum Gasteiger partial charge on any atom is -0.858 e. The average molecular weight is 519 g/mol. The fraction of sp³-hybridized carbons (Fsp3) is 0.308.